The van der Waals surface area contributed by atoms with Gasteiger partial charge >= 0.3 is 17.9 Å². The van der Waals surface area contributed by atoms with Crippen LogP contribution in [0.1, 0.15) is 53.0 Å². The number of esters is 1. The minimum Gasteiger partial charge on any atom is -0.479 e. The van der Waals surface area contributed by atoms with E-state index >= 15 is 0 Å². The monoisotopic (exact) mass is 638 g/mol. The van der Waals surface area contributed by atoms with Crippen molar-refractivity contribution in [3.05, 3.63) is 48.0 Å². The van der Waals surface area contributed by atoms with E-state index in [9.17, 15) is 39.9 Å². The summed E-state index contributed by atoms with van der Waals surface area (Å²) in [6, 6.07) is 9.57. The number of carboxylic acids is 2. The molecule has 8 unspecified atom stereocenters. The molecule has 2 bridgehead atoms. The van der Waals surface area contributed by atoms with Crippen LogP contribution in [-0.2, 0) is 39.4 Å². The van der Waals surface area contributed by atoms with E-state index in [0.717, 1.165) is 5.56 Å². The number of carbonyl (C=O) groups excluding carboxylic acids is 1. The van der Waals surface area contributed by atoms with Crippen LogP contribution in [-0.4, -0.2) is 99.8 Å². The minimum absolute atomic E-state index is 0.000502. The molecule has 1 aromatic carbocycles. The van der Waals surface area contributed by atoms with Crippen molar-refractivity contribution in [3.63, 3.8) is 0 Å². The number of aliphatic hydroxyl groups excluding tert-OH is 2. The molecule has 2 aliphatic rings. The van der Waals surface area contributed by atoms with Crippen LogP contribution in [0.3, 0.4) is 0 Å². The molecule has 13 heteroatoms. The third-order valence-corrected chi connectivity index (χ3v) is 13.7. The smallest absolute Gasteiger partial charge is 0.342 e. The minimum atomic E-state index is -3.39. The summed E-state index contributed by atoms with van der Waals surface area (Å²) in [6.07, 6.45) is -6.27. The summed E-state index contributed by atoms with van der Waals surface area (Å²) in [5.41, 5.74) is -5.11. The number of hydrogen-bond donors (Lipinski definition) is 5. The Kier molecular flexibility index (Phi) is 10.3. The lowest BCUT2D eigenvalue weighted by Crippen LogP contribution is -2.77. The summed E-state index contributed by atoms with van der Waals surface area (Å²) in [7, 11) is -2.85. The molecule has 0 radical (unpaired) electrons. The highest BCUT2D eigenvalue weighted by Crippen LogP contribution is 2.57. The van der Waals surface area contributed by atoms with Gasteiger partial charge in [0.15, 0.2) is 14.1 Å². The quantitative estimate of drug-likeness (QED) is 0.121. The average Bonchev–Trinajstić information content (AvgIpc) is 3.13. The lowest BCUT2D eigenvalue weighted by molar-refractivity contribution is -0.381. The second kappa shape index (κ2) is 12.6. The summed E-state index contributed by atoms with van der Waals surface area (Å²) in [5, 5.41) is 53.2. The molecule has 44 heavy (non-hydrogen) atoms. The second-order valence-electron chi connectivity index (χ2n) is 13.4. The predicted octanol–water partition coefficient (Wildman–Crippen LogP) is 2.64. The van der Waals surface area contributed by atoms with Crippen molar-refractivity contribution >= 4 is 26.2 Å². The van der Waals surface area contributed by atoms with E-state index < -0.39 is 79.3 Å². The molecule has 246 valence electrons. The predicted molar refractivity (Wildman–Crippen MR) is 160 cm³/mol. The zero-order valence-corrected chi connectivity index (χ0v) is 27.4. The Bertz CT molecular complexity index is 1250. The molecule has 2 fully saturated rings. The summed E-state index contributed by atoms with van der Waals surface area (Å²) in [5.74, 6) is -6.92. The molecule has 0 aromatic heterocycles. The number of carbonyl (C=O) groups is 3. The van der Waals surface area contributed by atoms with Crippen molar-refractivity contribution in [2.75, 3.05) is 6.61 Å². The van der Waals surface area contributed by atoms with Gasteiger partial charge in [0.1, 0.15) is 24.4 Å². The summed E-state index contributed by atoms with van der Waals surface area (Å²) in [4.78, 5) is 37.4. The van der Waals surface area contributed by atoms with Gasteiger partial charge in [0, 0.05) is 19.3 Å². The Morgan fingerprint density at radius 1 is 1.11 bits per heavy atom. The Morgan fingerprint density at radius 3 is 2.18 bits per heavy atom. The van der Waals surface area contributed by atoms with Gasteiger partial charge in [-0.25, -0.2) is 9.59 Å². The standard InChI is InChI=1S/C31H46O12Si/c1-18(23(40-20(3)33)19(2)16-21-12-10-9-11-13-21)14-15-29-25(42-44(7,8)28(4,5)6)24(34)31(43-29,27(37)38)30(39,26(35)36)22(17-32)41-29/h9-13,19,22-25,32,34,39H,1,14-17H2,2-8H3,(H,35,36)(H,37,38). The van der Waals surface area contributed by atoms with Crippen LogP contribution < -0.4 is 0 Å². The van der Waals surface area contributed by atoms with E-state index in [1.807, 2.05) is 71.1 Å². The Labute approximate surface area is 258 Å². The topological polar surface area (TPSA) is 189 Å². The normalized spacial score (nSPS) is 31.6. The molecule has 0 spiro atoms. The van der Waals surface area contributed by atoms with Gasteiger partial charge in [0.25, 0.3) is 0 Å². The van der Waals surface area contributed by atoms with Crippen LogP contribution in [0.5, 0.6) is 0 Å². The molecule has 8 atom stereocenters. The van der Waals surface area contributed by atoms with E-state index in [1.54, 1.807) is 0 Å². The lowest BCUT2D eigenvalue weighted by Gasteiger charge is -2.50. The maximum absolute atomic E-state index is 12.8. The summed E-state index contributed by atoms with van der Waals surface area (Å²) >= 11 is 0. The molecule has 12 nitrogen and oxygen atoms in total. The molecule has 1 aromatic rings. The molecule has 2 aliphatic heterocycles. The first-order valence-corrected chi connectivity index (χ1v) is 17.5. The summed E-state index contributed by atoms with van der Waals surface area (Å²) in [6.45, 7) is 15.6. The fourth-order valence-corrected chi connectivity index (χ4v) is 7.15. The first kappa shape index (κ1) is 35.8. The highest BCUT2D eigenvalue weighted by Gasteiger charge is 2.83. The van der Waals surface area contributed by atoms with Gasteiger partial charge in [-0.3, -0.25) is 4.79 Å². The first-order valence-electron chi connectivity index (χ1n) is 14.6. The van der Waals surface area contributed by atoms with Crippen LogP contribution in [0.4, 0.5) is 0 Å². The van der Waals surface area contributed by atoms with Crippen molar-refractivity contribution in [1.82, 2.24) is 0 Å². The Hall–Kier alpha value is -2.65. The Balaban J connectivity index is 2.07. The van der Waals surface area contributed by atoms with Crippen LogP contribution >= 0.6 is 0 Å². The number of carboxylic acid groups (broad SMARTS) is 2. The lowest BCUT2D eigenvalue weighted by atomic mass is 9.75. The third kappa shape index (κ3) is 6.11. The van der Waals surface area contributed by atoms with Crippen molar-refractivity contribution in [2.24, 2.45) is 5.92 Å². The number of ether oxygens (including phenoxy) is 3. The molecule has 0 saturated carbocycles. The number of benzene rings is 1. The highest BCUT2D eigenvalue weighted by atomic mass is 28.4. The van der Waals surface area contributed by atoms with Gasteiger partial charge in [-0.1, -0.05) is 64.6 Å². The highest BCUT2D eigenvalue weighted by molar-refractivity contribution is 6.74. The van der Waals surface area contributed by atoms with Crippen molar-refractivity contribution < 1.29 is 58.6 Å². The number of fused-ring (bicyclic) bond motifs is 2. The van der Waals surface area contributed by atoms with Crippen molar-refractivity contribution in [1.29, 1.82) is 0 Å². The molecule has 0 aliphatic carbocycles. The molecule has 5 N–H and O–H groups in total. The van der Waals surface area contributed by atoms with E-state index in [2.05, 4.69) is 6.58 Å². The van der Waals surface area contributed by atoms with Gasteiger partial charge in [-0.15, -0.1) is 0 Å². The van der Waals surface area contributed by atoms with Crippen molar-refractivity contribution in [3.8, 4) is 0 Å². The zero-order valence-electron chi connectivity index (χ0n) is 26.4. The number of hydrogen-bond acceptors (Lipinski definition) is 10. The van der Waals surface area contributed by atoms with Crippen LogP contribution in [0, 0.1) is 5.92 Å². The molecule has 2 heterocycles. The van der Waals surface area contributed by atoms with E-state index in [1.165, 1.54) is 6.92 Å². The van der Waals surface area contributed by atoms with Gasteiger partial charge in [-0.2, -0.15) is 0 Å². The van der Waals surface area contributed by atoms with E-state index in [0.29, 0.717) is 12.0 Å². The van der Waals surface area contributed by atoms with Crippen LogP contribution in [0.15, 0.2) is 42.5 Å². The van der Waals surface area contributed by atoms with E-state index in [-0.39, 0.29) is 18.8 Å². The van der Waals surface area contributed by atoms with Crippen LogP contribution in [0.25, 0.3) is 0 Å². The molecule has 3 rings (SSSR count). The maximum Gasteiger partial charge on any atom is 0.342 e. The van der Waals surface area contributed by atoms with Crippen LogP contribution in [0.2, 0.25) is 18.1 Å². The third-order valence-electron chi connectivity index (χ3n) is 9.29. The van der Waals surface area contributed by atoms with Crippen molar-refractivity contribution in [2.45, 2.75) is 113 Å². The van der Waals surface area contributed by atoms with Gasteiger partial charge < -0.3 is 44.2 Å². The Morgan fingerprint density at radius 2 is 1.70 bits per heavy atom. The second-order valence-corrected chi connectivity index (χ2v) is 18.2. The maximum atomic E-state index is 12.8. The molecule has 2 saturated heterocycles. The van der Waals surface area contributed by atoms with E-state index in [4.69, 9.17) is 18.6 Å². The SMILES string of the molecule is C=C(CCC12OC(CO)C(O)(C(=O)O)C(C(=O)O)(O1)C(O)C2O[Si](C)(C)C(C)(C)C)C(OC(C)=O)C(C)Cc1ccccc1. The molecular weight excluding hydrogens is 592 g/mol. The largest absolute Gasteiger partial charge is 0.479 e. The zero-order chi connectivity index (χ0) is 33.5. The van der Waals surface area contributed by atoms with Gasteiger partial charge in [-0.05, 0) is 42.1 Å². The molecular formula is C31H46O12Si. The summed E-state index contributed by atoms with van der Waals surface area (Å²) < 4.78 is 24.1. The first-order chi connectivity index (χ1) is 20.2. The van der Waals surface area contributed by atoms with Gasteiger partial charge in [0.05, 0.1) is 6.61 Å². The number of aliphatic carboxylic acids is 2. The fraction of sp³-hybridized carbons (Fsp3) is 0.645. The number of aliphatic hydroxyl groups is 3. The number of rotatable bonds is 13. The average molecular weight is 639 g/mol. The van der Waals surface area contributed by atoms with Gasteiger partial charge in [0.2, 0.25) is 11.2 Å². The molecule has 0 amide bonds. The fourth-order valence-electron chi connectivity index (χ4n) is 5.85.